The second-order valence-electron chi connectivity index (χ2n) is 6.32. The lowest BCUT2D eigenvalue weighted by Gasteiger charge is -2.32. The van der Waals surface area contributed by atoms with Crippen LogP contribution in [0.2, 0.25) is 0 Å². The van der Waals surface area contributed by atoms with Gasteiger partial charge in [-0.1, -0.05) is 47.0 Å². The Kier molecular flexibility index (Phi) is 5.11. The standard InChI is InChI=1S/C14H29N/c1-5-12-8-6-7-9-13(12)15-11-10-14(2,3)4/h12-13,15H,5-11H2,1-4H3. The Labute approximate surface area is 96.0 Å². The molecule has 0 bridgehead atoms. The Morgan fingerprint density at radius 1 is 1.13 bits per heavy atom. The van der Waals surface area contributed by atoms with Crippen LogP contribution in [0.5, 0.6) is 0 Å². The molecule has 2 unspecified atom stereocenters. The fourth-order valence-electron chi connectivity index (χ4n) is 2.60. The van der Waals surface area contributed by atoms with E-state index >= 15 is 0 Å². The maximum Gasteiger partial charge on any atom is 0.00952 e. The molecule has 1 fully saturated rings. The van der Waals surface area contributed by atoms with Gasteiger partial charge in [-0.05, 0) is 37.1 Å². The minimum absolute atomic E-state index is 0.476. The van der Waals surface area contributed by atoms with Crippen LogP contribution in [-0.2, 0) is 0 Å². The zero-order valence-electron chi connectivity index (χ0n) is 11.1. The molecular weight excluding hydrogens is 182 g/mol. The van der Waals surface area contributed by atoms with E-state index in [1.54, 1.807) is 0 Å². The van der Waals surface area contributed by atoms with Crippen molar-refractivity contribution in [2.75, 3.05) is 6.54 Å². The number of nitrogens with one attached hydrogen (secondary N) is 1. The molecule has 0 aromatic rings. The normalized spacial score (nSPS) is 28.0. The van der Waals surface area contributed by atoms with Crippen molar-refractivity contribution in [3.05, 3.63) is 0 Å². The summed E-state index contributed by atoms with van der Waals surface area (Å²) in [6, 6.07) is 0.811. The van der Waals surface area contributed by atoms with Crippen molar-refractivity contribution in [2.24, 2.45) is 11.3 Å². The molecule has 0 saturated heterocycles. The van der Waals surface area contributed by atoms with Gasteiger partial charge in [0.1, 0.15) is 0 Å². The monoisotopic (exact) mass is 211 g/mol. The Morgan fingerprint density at radius 2 is 1.80 bits per heavy atom. The first kappa shape index (κ1) is 13.0. The lowest BCUT2D eigenvalue weighted by atomic mass is 9.82. The van der Waals surface area contributed by atoms with Gasteiger partial charge in [-0.25, -0.2) is 0 Å². The fraction of sp³-hybridized carbons (Fsp3) is 1.00. The molecule has 1 nitrogen and oxygen atoms in total. The van der Waals surface area contributed by atoms with Crippen LogP contribution in [0.25, 0.3) is 0 Å². The molecule has 0 heterocycles. The van der Waals surface area contributed by atoms with Crippen molar-refractivity contribution >= 4 is 0 Å². The van der Waals surface area contributed by atoms with Gasteiger partial charge in [0.25, 0.3) is 0 Å². The minimum atomic E-state index is 0.476. The molecule has 0 radical (unpaired) electrons. The van der Waals surface area contributed by atoms with E-state index in [0.717, 1.165) is 12.0 Å². The molecule has 1 saturated carbocycles. The number of hydrogen-bond donors (Lipinski definition) is 1. The SMILES string of the molecule is CCC1CCCCC1NCCC(C)(C)C. The van der Waals surface area contributed by atoms with Gasteiger partial charge in [0, 0.05) is 6.04 Å². The summed E-state index contributed by atoms with van der Waals surface area (Å²) in [7, 11) is 0. The van der Waals surface area contributed by atoms with E-state index in [9.17, 15) is 0 Å². The zero-order valence-corrected chi connectivity index (χ0v) is 11.1. The van der Waals surface area contributed by atoms with E-state index in [0.29, 0.717) is 5.41 Å². The van der Waals surface area contributed by atoms with Gasteiger partial charge >= 0.3 is 0 Å². The summed E-state index contributed by atoms with van der Waals surface area (Å²) >= 11 is 0. The highest BCUT2D eigenvalue weighted by atomic mass is 14.9. The molecule has 0 aromatic heterocycles. The molecule has 15 heavy (non-hydrogen) atoms. The summed E-state index contributed by atoms with van der Waals surface area (Å²) in [6.07, 6.45) is 8.39. The van der Waals surface area contributed by atoms with Gasteiger partial charge in [-0.2, -0.15) is 0 Å². The molecule has 0 aliphatic heterocycles. The predicted molar refractivity (Wildman–Crippen MR) is 68.1 cm³/mol. The quantitative estimate of drug-likeness (QED) is 0.741. The third-order valence-electron chi connectivity index (χ3n) is 3.71. The summed E-state index contributed by atoms with van der Waals surface area (Å²) in [5.74, 6) is 0.943. The molecule has 0 spiro atoms. The third kappa shape index (κ3) is 5.01. The van der Waals surface area contributed by atoms with Crippen LogP contribution in [0, 0.1) is 11.3 Å². The topological polar surface area (TPSA) is 12.0 Å². The first-order chi connectivity index (χ1) is 7.03. The highest BCUT2D eigenvalue weighted by Crippen LogP contribution is 2.27. The molecule has 90 valence electrons. The lowest BCUT2D eigenvalue weighted by Crippen LogP contribution is -2.39. The van der Waals surface area contributed by atoms with Crippen LogP contribution in [-0.4, -0.2) is 12.6 Å². The zero-order chi connectivity index (χ0) is 11.3. The summed E-state index contributed by atoms with van der Waals surface area (Å²) < 4.78 is 0. The Hall–Kier alpha value is -0.0400. The average Bonchev–Trinajstić information content (AvgIpc) is 2.16. The van der Waals surface area contributed by atoms with Crippen molar-refractivity contribution in [3.8, 4) is 0 Å². The van der Waals surface area contributed by atoms with Gasteiger partial charge in [0.2, 0.25) is 0 Å². The highest BCUT2D eigenvalue weighted by molar-refractivity contribution is 4.80. The van der Waals surface area contributed by atoms with E-state index in [-0.39, 0.29) is 0 Å². The minimum Gasteiger partial charge on any atom is -0.314 e. The Morgan fingerprint density at radius 3 is 2.40 bits per heavy atom. The van der Waals surface area contributed by atoms with Gasteiger partial charge in [0.05, 0.1) is 0 Å². The second-order valence-corrected chi connectivity index (χ2v) is 6.32. The van der Waals surface area contributed by atoms with Gasteiger partial charge in [0.15, 0.2) is 0 Å². The summed E-state index contributed by atoms with van der Waals surface area (Å²) in [6.45, 7) is 10.5. The van der Waals surface area contributed by atoms with Crippen LogP contribution in [0.15, 0.2) is 0 Å². The number of rotatable bonds is 4. The van der Waals surface area contributed by atoms with Gasteiger partial charge in [-0.3, -0.25) is 0 Å². The van der Waals surface area contributed by atoms with Gasteiger partial charge < -0.3 is 5.32 Å². The van der Waals surface area contributed by atoms with Crippen molar-refractivity contribution in [1.82, 2.24) is 5.32 Å². The van der Waals surface area contributed by atoms with Gasteiger partial charge in [-0.15, -0.1) is 0 Å². The van der Waals surface area contributed by atoms with Crippen LogP contribution in [0.3, 0.4) is 0 Å². The number of hydrogen-bond acceptors (Lipinski definition) is 1. The average molecular weight is 211 g/mol. The van der Waals surface area contributed by atoms with Crippen LogP contribution in [0.1, 0.15) is 66.2 Å². The lowest BCUT2D eigenvalue weighted by molar-refractivity contribution is 0.244. The van der Waals surface area contributed by atoms with Crippen molar-refractivity contribution in [3.63, 3.8) is 0 Å². The maximum absolute atomic E-state index is 3.78. The molecule has 1 aliphatic carbocycles. The summed E-state index contributed by atoms with van der Waals surface area (Å²) in [5, 5.41) is 3.78. The van der Waals surface area contributed by atoms with E-state index in [4.69, 9.17) is 0 Å². The summed E-state index contributed by atoms with van der Waals surface area (Å²) in [4.78, 5) is 0. The third-order valence-corrected chi connectivity index (χ3v) is 3.71. The molecule has 0 amide bonds. The predicted octanol–water partition coefficient (Wildman–Crippen LogP) is 3.98. The van der Waals surface area contributed by atoms with E-state index in [1.165, 1.54) is 45.1 Å². The Bertz CT molecular complexity index is 169. The fourth-order valence-corrected chi connectivity index (χ4v) is 2.60. The van der Waals surface area contributed by atoms with E-state index < -0.39 is 0 Å². The van der Waals surface area contributed by atoms with Crippen molar-refractivity contribution < 1.29 is 0 Å². The highest BCUT2D eigenvalue weighted by Gasteiger charge is 2.23. The maximum atomic E-state index is 3.78. The largest absolute Gasteiger partial charge is 0.314 e. The van der Waals surface area contributed by atoms with E-state index in [1.807, 2.05) is 0 Å². The van der Waals surface area contributed by atoms with Crippen LogP contribution < -0.4 is 5.32 Å². The van der Waals surface area contributed by atoms with Crippen LogP contribution >= 0.6 is 0 Å². The van der Waals surface area contributed by atoms with Crippen LogP contribution in [0.4, 0.5) is 0 Å². The van der Waals surface area contributed by atoms with Crippen molar-refractivity contribution in [1.29, 1.82) is 0 Å². The van der Waals surface area contributed by atoms with Crippen molar-refractivity contribution in [2.45, 2.75) is 72.3 Å². The Balaban J connectivity index is 2.23. The molecule has 1 heteroatoms. The van der Waals surface area contributed by atoms with E-state index in [2.05, 4.69) is 33.0 Å². The molecular formula is C14H29N. The molecule has 0 aromatic carbocycles. The molecule has 1 N–H and O–H groups in total. The molecule has 1 aliphatic rings. The molecule has 2 atom stereocenters. The summed E-state index contributed by atoms with van der Waals surface area (Å²) in [5.41, 5.74) is 0.476. The molecule has 1 rings (SSSR count). The first-order valence-electron chi connectivity index (χ1n) is 6.76. The second kappa shape index (κ2) is 5.89. The smallest absolute Gasteiger partial charge is 0.00952 e. The first-order valence-corrected chi connectivity index (χ1v) is 6.76.